The van der Waals surface area contributed by atoms with Crippen LogP contribution in [0.5, 0.6) is 5.75 Å². The maximum Gasteiger partial charge on any atom is 0.193 e. The van der Waals surface area contributed by atoms with Crippen molar-refractivity contribution in [3.8, 4) is 5.75 Å². The molecule has 1 heterocycles. The fraction of sp³-hybridized carbons (Fsp3) is 0.650. The zero-order chi connectivity index (χ0) is 18.6. The third-order valence-corrected chi connectivity index (χ3v) is 4.62. The highest BCUT2D eigenvalue weighted by Crippen LogP contribution is 2.20. The lowest BCUT2D eigenvalue weighted by Gasteiger charge is -2.37. The van der Waals surface area contributed by atoms with Crippen LogP contribution in [0.25, 0.3) is 0 Å². The SMILES string of the molecule is CCCCOCCCNC(=NC)N1CCN(c2ccc(OC)cc2)CC1. The molecule has 1 aliphatic heterocycles. The second-order valence-electron chi connectivity index (χ2n) is 6.47. The largest absolute Gasteiger partial charge is 0.497 e. The van der Waals surface area contributed by atoms with Crippen LogP contribution in [0.15, 0.2) is 29.3 Å². The van der Waals surface area contributed by atoms with Gasteiger partial charge in [0.2, 0.25) is 0 Å². The van der Waals surface area contributed by atoms with E-state index in [1.54, 1.807) is 7.11 Å². The van der Waals surface area contributed by atoms with Gasteiger partial charge in [-0.3, -0.25) is 4.99 Å². The summed E-state index contributed by atoms with van der Waals surface area (Å²) >= 11 is 0. The van der Waals surface area contributed by atoms with Crippen molar-refractivity contribution in [1.29, 1.82) is 0 Å². The van der Waals surface area contributed by atoms with Gasteiger partial charge < -0.3 is 24.6 Å². The monoisotopic (exact) mass is 362 g/mol. The molecule has 0 radical (unpaired) electrons. The molecule has 1 aromatic carbocycles. The normalized spacial score (nSPS) is 15.3. The molecule has 0 amide bonds. The lowest BCUT2D eigenvalue weighted by molar-refractivity contribution is 0.129. The van der Waals surface area contributed by atoms with Crippen LogP contribution in [0.2, 0.25) is 0 Å². The minimum atomic E-state index is 0.815. The molecule has 1 aromatic rings. The van der Waals surface area contributed by atoms with E-state index in [2.05, 4.69) is 39.2 Å². The Bertz CT molecular complexity index is 525. The van der Waals surface area contributed by atoms with Gasteiger partial charge in [-0.05, 0) is 37.1 Å². The van der Waals surface area contributed by atoms with Gasteiger partial charge in [0.25, 0.3) is 0 Å². The molecule has 1 saturated heterocycles. The molecule has 0 bridgehead atoms. The summed E-state index contributed by atoms with van der Waals surface area (Å²) in [6.07, 6.45) is 3.34. The molecule has 0 spiro atoms. The third kappa shape index (κ3) is 6.41. The molecule has 6 heteroatoms. The molecule has 0 atom stereocenters. The number of methoxy groups -OCH3 is 1. The van der Waals surface area contributed by atoms with Crippen LogP contribution < -0.4 is 15.0 Å². The first kappa shape index (κ1) is 20.4. The predicted molar refractivity (Wildman–Crippen MR) is 108 cm³/mol. The van der Waals surface area contributed by atoms with Gasteiger partial charge in [0.15, 0.2) is 5.96 Å². The van der Waals surface area contributed by atoms with Crippen LogP contribution in [0, 0.1) is 0 Å². The van der Waals surface area contributed by atoms with Gasteiger partial charge in [0.1, 0.15) is 5.75 Å². The molecule has 1 fully saturated rings. The van der Waals surface area contributed by atoms with Crippen molar-refractivity contribution in [2.45, 2.75) is 26.2 Å². The predicted octanol–water partition coefficient (Wildman–Crippen LogP) is 2.60. The average Bonchev–Trinajstić information content (AvgIpc) is 2.70. The van der Waals surface area contributed by atoms with Crippen molar-refractivity contribution >= 4 is 11.6 Å². The number of nitrogens with zero attached hydrogens (tertiary/aromatic N) is 3. The second-order valence-corrected chi connectivity index (χ2v) is 6.47. The Balaban J connectivity index is 1.69. The Morgan fingerprint density at radius 2 is 1.77 bits per heavy atom. The van der Waals surface area contributed by atoms with Crippen molar-refractivity contribution in [2.75, 3.05) is 65.0 Å². The van der Waals surface area contributed by atoms with E-state index in [1.165, 1.54) is 12.1 Å². The molecule has 1 aliphatic rings. The number of benzene rings is 1. The smallest absolute Gasteiger partial charge is 0.193 e. The summed E-state index contributed by atoms with van der Waals surface area (Å²) in [5, 5.41) is 3.46. The summed E-state index contributed by atoms with van der Waals surface area (Å²) in [7, 11) is 3.56. The van der Waals surface area contributed by atoms with Crippen molar-refractivity contribution in [3.63, 3.8) is 0 Å². The Morgan fingerprint density at radius 3 is 2.38 bits per heavy atom. The Morgan fingerprint density at radius 1 is 1.08 bits per heavy atom. The number of rotatable bonds is 9. The van der Waals surface area contributed by atoms with Gasteiger partial charge in [-0.15, -0.1) is 0 Å². The van der Waals surface area contributed by atoms with Gasteiger partial charge in [0.05, 0.1) is 7.11 Å². The van der Waals surface area contributed by atoms with E-state index in [4.69, 9.17) is 9.47 Å². The zero-order valence-electron chi connectivity index (χ0n) is 16.5. The lowest BCUT2D eigenvalue weighted by Crippen LogP contribution is -2.52. The molecular weight excluding hydrogens is 328 g/mol. The number of aliphatic imine (C=N–C) groups is 1. The fourth-order valence-electron chi connectivity index (χ4n) is 3.02. The van der Waals surface area contributed by atoms with Gasteiger partial charge in [-0.2, -0.15) is 0 Å². The van der Waals surface area contributed by atoms with E-state index >= 15 is 0 Å². The molecule has 0 aliphatic carbocycles. The maximum absolute atomic E-state index is 5.61. The Kier molecular flexibility index (Phi) is 9.10. The Labute approximate surface area is 158 Å². The van der Waals surface area contributed by atoms with Crippen LogP contribution in [0.1, 0.15) is 26.2 Å². The van der Waals surface area contributed by atoms with E-state index in [0.29, 0.717) is 0 Å². The van der Waals surface area contributed by atoms with E-state index < -0.39 is 0 Å². The number of nitrogens with one attached hydrogen (secondary N) is 1. The number of hydrogen-bond donors (Lipinski definition) is 1. The van der Waals surface area contributed by atoms with Gasteiger partial charge in [-0.25, -0.2) is 0 Å². The number of unbranched alkanes of at least 4 members (excludes halogenated alkanes) is 1. The first-order valence-electron chi connectivity index (χ1n) is 9.70. The van der Waals surface area contributed by atoms with E-state index in [0.717, 1.165) is 70.5 Å². The van der Waals surface area contributed by atoms with Crippen molar-refractivity contribution in [1.82, 2.24) is 10.2 Å². The zero-order valence-corrected chi connectivity index (χ0v) is 16.5. The lowest BCUT2D eigenvalue weighted by atomic mass is 10.2. The molecule has 26 heavy (non-hydrogen) atoms. The average molecular weight is 363 g/mol. The van der Waals surface area contributed by atoms with E-state index in [1.807, 2.05) is 19.2 Å². The molecule has 2 rings (SSSR count). The summed E-state index contributed by atoms with van der Waals surface area (Å²) in [5.74, 6) is 1.89. The first-order chi connectivity index (χ1) is 12.8. The second kappa shape index (κ2) is 11.6. The molecule has 0 saturated carbocycles. The van der Waals surface area contributed by atoms with Gasteiger partial charge >= 0.3 is 0 Å². The molecule has 0 aromatic heterocycles. The molecule has 0 unspecified atom stereocenters. The number of guanidine groups is 1. The summed E-state index contributed by atoms with van der Waals surface area (Å²) in [4.78, 5) is 9.17. The third-order valence-electron chi connectivity index (χ3n) is 4.62. The summed E-state index contributed by atoms with van der Waals surface area (Å²) < 4.78 is 10.8. The van der Waals surface area contributed by atoms with Crippen molar-refractivity contribution in [2.24, 2.45) is 4.99 Å². The molecule has 146 valence electrons. The standard InChI is InChI=1S/C20H34N4O2/c1-4-5-16-26-17-6-11-22-20(21-2)24-14-12-23(13-15-24)18-7-9-19(25-3)10-8-18/h7-10H,4-6,11-17H2,1-3H3,(H,21,22). The van der Waals surface area contributed by atoms with Crippen molar-refractivity contribution < 1.29 is 9.47 Å². The number of hydrogen-bond acceptors (Lipinski definition) is 4. The van der Waals surface area contributed by atoms with Crippen LogP contribution in [0.3, 0.4) is 0 Å². The van der Waals surface area contributed by atoms with Crippen LogP contribution >= 0.6 is 0 Å². The fourth-order valence-corrected chi connectivity index (χ4v) is 3.02. The summed E-state index contributed by atoms with van der Waals surface area (Å²) in [5.41, 5.74) is 1.25. The number of anilines is 1. The summed E-state index contributed by atoms with van der Waals surface area (Å²) in [6.45, 7) is 8.70. The van der Waals surface area contributed by atoms with Gasteiger partial charge in [-0.1, -0.05) is 13.3 Å². The number of piperazine rings is 1. The minimum Gasteiger partial charge on any atom is -0.497 e. The van der Waals surface area contributed by atoms with Crippen LogP contribution in [-0.4, -0.2) is 71.0 Å². The number of ether oxygens (including phenoxy) is 2. The highest BCUT2D eigenvalue weighted by atomic mass is 16.5. The quantitative estimate of drug-likeness (QED) is 0.416. The van der Waals surface area contributed by atoms with Crippen molar-refractivity contribution in [3.05, 3.63) is 24.3 Å². The first-order valence-corrected chi connectivity index (χ1v) is 9.70. The van der Waals surface area contributed by atoms with E-state index in [9.17, 15) is 0 Å². The van der Waals surface area contributed by atoms with Gasteiger partial charge in [0, 0.05) is 58.7 Å². The molecular formula is C20H34N4O2. The maximum atomic E-state index is 5.61. The minimum absolute atomic E-state index is 0.815. The highest BCUT2D eigenvalue weighted by molar-refractivity contribution is 5.80. The summed E-state index contributed by atoms with van der Waals surface area (Å²) in [6, 6.07) is 8.29. The topological polar surface area (TPSA) is 49.3 Å². The molecule has 6 nitrogen and oxygen atoms in total. The van der Waals surface area contributed by atoms with E-state index in [-0.39, 0.29) is 0 Å². The highest BCUT2D eigenvalue weighted by Gasteiger charge is 2.19. The molecule has 1 N–H and O–H groups in total. The van der Waals surface area contributed by atoms with Crippen LogP contribution in [0.4, 0.5) is 5.69 Å². The van der Waals surface area contributed by atoms with Crippen LogP contribution in [-0.2, 0) is 4.74 Å². The Hall–Kier alpha value is -1.95.